The van der Waals surface area contributed by atoms with Gasteiger partial charge in [0.25, 0.3) is 0 Å². The van der Waals surface area contributed by atoms with E-state index in [1.165, 1.54) is 173 Å². The van der Waals surface area contributed by atoms with Crippen LogP contribution in [0.1, 0.15) is 284 Å². The average molecular weight is 845 g/mol. The first-order valence-electron chi connectivity index (χ1n) is 26.3. The van der Waals surface area contributed by atoms with E-state index >= 15 is 0 Å². The minimum Gasteiger partial charge on any atom is -0.462 e. The van der Waals surface area contributed by atoms with Gasteiger partial charge in [-0.3, -0.25) is 14.4 Å². The maximum absolute atomic E-state index is 12.8. The van der Waals surface area contributed by atoms with Gasteiger partial charge in [-0.15, -0.1) is 0 Å². The van der Waals surface area contributed by atoms with E-state index in [9.17, 15) is 14.4 Å². The molecule has 0 rings (SSSR count). The van der Waals surface area contributed by atoms with Gasteiger partial charge in [0.1, 0.15) is 13.2 Å². The lowest BCUT2D eigenvalue weighted by Crippen LogP contribution is -2.30. The molecule has 0 heterocycles. The Hall–Kier alpha value is -2.11. The second kappa shape index (κ2) is 49.5. The Morgan fingerprint density at radius 1 is 0.333 bits per heavy atom. The first-order chi connectivity index (χ1) is 29.5. The molecule has 0 saturated carbocycles. The van der Waals surface area contributed by atoms with E-state index in [0.717, 1.165) is 70.6 Å². The van der Waals surface area contributed by atoms with Gasteiger partial charge in [-0.1, -0.05) is 238 Å². The maximum Gasteiger partial charge on any atom is 0.306 e. The number of rotatable bonds is 48. The Morgan fingerprint density at radius 3 is 0.933 bits per heavy atom. The third-order valence-corrected chi connectivity index (χ3v) is 11.7. The molecule has 0 aliphatic carbocycles. The summed E-state index contributed by atoms with van der Waals surface area (Å²) in [6.45, 7) is 6.61. The molecular weight excluding hydrogens is 745 g/mol. The Kier molecular flexibility index (Phi) is 47.8. The zero-order valence-corrected chi connectivity index (χ0v) is 40.2. The van der Waals surface area contributed by atoms with Crippen molar-refractivity contribution in [1.82, 2.24) is 0 Å². The fourth-order valence-corrected chi connectivity index (χ4v) is 7.71. The van der Waals surface area contributed by atoms with E-state index in [1.54, 1.807) is 0 Å². The number of allylic oxidation sites excluding steroid dienone is 4. The van der Waals surface area contributed by atoms with Crippen molar-refractivity contribution in [2.24, 2.45) is 0 Å². The van der Waals surface area contributed by atoms with Crippen LogP contribution in [0.15, 0.2) is 24.3 Å². The van der Waals surface area contributed by atoms with Crippen LogP contribution in [0.25, 0.3) is 0 Å². The largest absolute Gasteiger partial charge is 0.462 e. The van der Waals surface area contributed by atoms with Gasteiger partial charge >= 0.3 is 17.9 Å². The summed E-state index contributed by atoms with van der Waals surface area (Å²) in [7, 11) is 0. The number of carbonyl (C=O) groups excluding carboxylic acids is 3. The van der Waals surface area contributed by atoms with Gasteiger partial charge in [0.15, 0.2) is 6.10 Å². The van der Waals surface area contributed by atoms with Crippen molar-refractivity contribution in [3.05, 3.63) is 24.3 Å². The summed E-state index contributed by atoms with van der Waals surface area (Å²) in [4.78, 5) is 37.8. The molecule has 0 amide bonds. The minimum atomic E-state index is -0.767. The minimum absolute atomic E-state index is 0.0700. The molecule has 0 aliphatic rings. The number of carbonyl (C=O) groups is 3. The summed E-state index contributed by atoms with van der Waals surface area (Å²) in [5.74, 6) is -0.870. The highest BCUT2D eigenvalue weighted by molar-refractivity contribution is 5.71. The monoisotopic (exact) mass is 845 g/mol. The van der Waals surface area contributed by atoms with Crippen molar-refractivity contribution < 1.29 is 28.6 Å². The summed E-state index contributed by atoms with van der Waals surface area (Å²) < 4.78 is 16.7. The number of hydrogen-bond donors (Lipinski definition) is 0. The lowest BCUT2D eigenvalue weighted by atomic mass is 10.0. The number of unbranched alkanes of at least 4 members (excludes halogenated alkanes) is 33. The summed E-state index contributed by atoms with van der Waals surface area (Å²) in [5, 5.41) is 0. The molecule has 6 heteroatoms. The van der Waals surface area contributed by atoms with Crippen molar-refractivity contribution in [3.8, 4) is 0 Å². The van der Waals surface area contributed by atoms with Crippen LogP contribution in [-0.4, -0.2) is 37.2 Å². The van der Waals surface area contributed by atoms with Crippen LogP contribution in [0.4, 0.5) is 0 Å². The van der Waals surface area contributed by atoms with Gasteiger partial charge in [-0.25, -0.2) is 0 Å². The molecule has 6 nitrogen and oxygen atoms in total. The molecule has 0 saturated heterocycles. The van der Waals surface area contributed by atoms with Crippen LogP contribution in [0.3, 0.4) is 0 Å². The number of hydrogen-bond acceptors (Lipinski definition) is 6. The molecule has 0 aliphatic heterocycles. The van der Waals surface area contributed by atoms with Gasteiger partial charge in [-0.2, -0.15) is 0 Å². The van der Waals surface area contributed by atoms with Gasteiger partial charge < -0.3 is 14.2 Å². The molecule has 1 unspecified atom stereocenters. The van der Waals surface area contributed by atoms with Crippen molar-refractivity contribution in [1.29, 1.82) is 0 Å². The van der Waals surface area contributed by atoms with Crippen molar-refractivity contribution >= 4 is 17.9 Å². The number of ether oxygens (including phenoxy) is 3. The molecule has 0 bridgehead atoms. The Bertz CT molecular complexity index is 973. The summed E-state index contributed by atoms with van der Waals surface area (Å²) in [6.07, 6.45) is 56.0. The van der Waals surface area contributed by atoms with Crippen LogP contribution in [0.2, 0.25) is 0 Å². The predicted octanol–water partition coefficient (Wildman–Crippen LogP) is 17.2. The zero-order valence-electron chi connectivity index (χ0n) is 40.2. The third kappa shape index (κ3) is 46.9. The highest BCUT2D eigenvalue weighted by atomic mass is 16.6. The van der Waals surface area contributed by atoms with Crippen LogP contribution in [0.5, 0.6) is 0 Å². The second-order valence-electron chi connectivity index (χ2n) is 17.8. The van der Waals surface area contributed by atoms with Crippen molar-refractivity contribution in [2.75, 3.05) is 13.2 Å². The van der Waals surface area contributed by atoms with Crippen molar-refractivity contribution in [2.45, 2.75) is 290 Å². The van der Waals surface area contributed by atoms with Crippen LogP contribution >= 0.6 is 0 Å². The summed E-state index contributed by atoms with van der Waals surface area (Å²) in [5.41, 5.74) is 0. The predicted molar refractivity (Wildman–Crippen MR) is 256 cm³/mol. The van der Waals surface area contributed by atoms with E-state index in [2.05, 4.69) is 45.1 Å². The number of esters is 3. The molecule has 0 fully saturated rings. The van der Waals surface area contributed by atoms with Crippen molar-refractivity contribution in [3.63, 3.8) is 0 Å². The third-order valence-electron chi connectivity index (χ3n) is 11.7. The van der Waals surface area contributed by atoms with E-state index in [0.29, 0.717) is 19.3 Å². The smallest absolute Gasteiger partial charge is 0.306 e. The molecule has 60 heavy (non-hydrogen) atoms. The summed E-state index contributed by atoms with van der Waals surface area (Å²) >= 11 is 0. The first kappa shape index (κ1) is 57.9. The fraction of sp³-hybridized carbons (Fsp3) is 0.870. The second-order valence-corrected chi connectivity index (χ2v) is 17.8. The normalized spacial score (nSPS) is 12.1. The average Bonchev–Trinajstić information content (AvgIpc) is 3.24. The molecule has 0 aromatic rings. The topological polar surface area (TPSA) is 78.9 Å². The Morgan fingerprint density at radius 2 is 0.600 bits per heavy atom. The van der Waals surface area contributed by atoms with Gasteiger partial charge in [-0.05, 0) is 51.4 Å². The van der Waals surface area contributed by atoms with Gasteiger partial charge in [0.2, 0.25) is 0 Å². The van der Waals surface area contributed by atoms with E-state index in [4.69, 9.17) is 14.2 Å². The Labute approximate surface area is 373 Å². The van der Waals surface area contributed by atoms with Crippen LogP contribution < -0.4 is 0 Å². The van der Waals surface area contributed by atoms with E-state index in [-0.39, 0.29) is 31.1 Å². The molecule has 352 valence electrons. The molecule has 0 aromatic carbocycles. The molecule has 1 atom stereocenters. The van der Waals surface area contributed by atoms with E-state index < -0.39 is 6.10 Å². The highest BCUT2D eigenvalue weighted by Gasteiger charge is 2.19. The quantitative estimate of drug-likeness (QED) is 0.0263. The highest BCUT2D eigenvalue weighted by Crippen LogP contribution is 2.16. The van der Waals surface area contributed by atoms with Gasteiger partial charge in [0.05, 0.1) is 0 Å². The summed E-state index contributed by atoms with van der Waals surface area (Å²) in [6, 6.07) is 0. The molecular formula is C54H100O6. The van der Waals surface area contributed by atoms with E-state index in [1.807, 2.05) is 0 Å². The zero-order chi connectivity index (χ0) is 43.7. The molecule has 0 radical (unpaired) electrons. The molecule has 0 N–H and O–H groups in total. The lowest BCUT2D eigenvalue weighted by molar-refractivity contribution is -0.167. The standard InChI is InChI=1S/C54H100O6/c1-4-7-10-13-16-18-20-22-24-26-28-29-31-33-35-38-41-44-47-53(56)59-50-51(49-58-52(55)46-43-40-37-15-12-9-6-3)60-54(57)48-45-42-39-36-34-32-30-27-25-23-21-19-17-14-11-8-5-2/h18,20,24,26,51H,4-17,19,21-23,25,27-50H2,1-3H3/b20-18-,26-24-. The van der Waals surface area contributed by atoms with Crippen LogP contribution in [-0.2, 0) is 28.6 Å². The Balaban J connectivity index is 4.22. The van der Waals surface area contributed by atoms with Crippen LogP contribution in [0, 0.1) is 0 Å². The molecule has 0 spiro atoms. The molecule has 0 aromatic heterocycles. The van der Waals surface area contributed by atoms with Gasteiger partial charge in [0, 0.05) is 19.3 Å². The first-order valence-corrected chi connectivity index (χ1v) is 26.3. The maximum atomic E-state index is 12.8. The fourth-order valence-electron chi connectivity index (χ4n) is 7.71. The SMILES string of the molecule is CCCCCC/C=C\C/C=C\CCCCCCCCCC(=O)OCC(COC(=O)CCCCCCCCC)OC(=O)CCCCCCCCCCCCCCCCCCC. The lowest BCUT2D eigenvalue weighted by Gasteiger charge is -2.18.